The number of phosphoric acid groups is 2. The number of carbonyl (C=O) groups is 4. The van der Waals surface area contributed by atoms with Crippen LogP contribution in [0.3, 0.4) is 0 Å². The van der Waals surface area contributed by atoms with Crippen molar-refractivity contribution >= 4 is 39.5 Å². The minimum atomic E-state index is -5.01. The van der Waals surface area contributed by atoms with E-state index in [-0.39, 0.29) is 25.7 Å². The zero-order valence-corrected chi connectivity index (χ0v) is 68.7. The van der Waals surface area contributed by atoms with Crippen molar-refractivity contribution in [2.45, 2.75) is 316 Å². The molecule has 0 amide bonds. The van der Waals surface area contributed by atoms with E-state index in [1.807, 2.05) is 18.2 Å². The average molecular weight is 1550 g/mol. The molecule has 0 heterocycles. The molecule has 0 bridgehead atoms. The highest BCUT2D eigenvalue weighted by atomic mass is 31.2. The molecule has 0 fully saturated rings. The van der Waals surface area contributed by atoms with Crippen molar-refractivity contribution in [3.8, 4) is 0 Å². The first kappa shape index (κ1) is 102. The number of phosphoric ester groups is 2. The second kappa shape index (κ2) is 79.3. The smallest absolute Gasteiger partial charge is 0.462 e. The first-order valence-electron chi connectivity index (χ1n) is 41.0. The number of hydrogen-bond donors (Lipinski definition) is 3. The maximum atomic E-state index is 13.1. The van der Waals surface area contributed by atoms with Crippen molar-refractivity contribution in [2.24, 2.45) is 0 Å². The first-order valence-corrected chi connectivity index (χ1v) is 44.0. The van der Waals surface area contributed by atoms with E-state index < -0.39 is 97.5 Å². The van der Waals surface area contributed by atoms with Crippen LogP contribution in [0.25, 0.3) is 0 Å². The van der Waals surface area contributed by atoms with Gasteiger partial charge in [0.05, 0.1) is 26.4 Å². The molecule has 5 atom stereocenters. The Morgan fingerprint density at radius 2 is 0.500 bits per heavy atom. The molecule has 0 aliphatic rings. The van der Waals surface area contributed by atoms with Crippen molar-refractivity contribution in [1.82, 2.24) is 0 Å². The molecule has 0 aromatic heterocycles. The van der Waals surface area contributed by atoms with Gasteiger partial charge in [-0.1, -0.05) is 287 Å². The molecule has 0 aromatic carbocycles. The number of allylic oxidation sites excluding steroid dienone is 30. The summed E-state index contributed by atoms with van der Waals surface area (Å²) >= 11 is 0. The zero-order valence-electron chi connectivity index (χ0n) is 66.9. The fourth-order valence-corrected chi connectivity index (χ4v) is 11.8. The van der Waals surface area contributed by atoms with Crippen molar-refractivity contribution in [1.29, 1.82) is 0 Å². The summed E-state index contributed by atoms with van der Waals surface area (Å²) in [6.07, 6.45) is 95.9. The average Bonchev–Trinajstić information content (AvgIpc) is 0.886. The minimum Gasteiger partial charge on any atom is -0.462 e. The second-order valence-corrected chi connectivity index (χ2v) is 29.5. The molecule has 0 aliphatic heterocycles. The number of carbonyl (C=O) groups excluding carboxylic acids is 4. The molecular weight excluding hydrogens is 1400 g/mol. The predicted octanol–water partition coefficient (Wildman–Crippen LogP) is 24.3. The Morgan fingerprint density at radius 1 is 0.269 bits per heavy atom. The second-order valence-electron chi connectivity index (χ2n) is 26.6. The normalized spacial score (nSPS) is 14.8. The van der Waals surface area contributed by atoms with E-state index in [4.69, 9.17) is 37.0 Å². The van der Waals surface area contributed by atoms with Crippen molar-refractivity contribution < 1.29 is 80.2 Å². The lowest BCUT2D eigenvalue weighted by molar-refractivity contribution is -0.161. The minimum absolute atomic E-state index is 0.0236. The summed E-state index contributed by atoms with van der Waals surface area (Å²) in [5.74, 6) is -2.34. The fraction of sp³-hybridized carbons (Fsp3) is 0.618. The summed E-state index contributed by atoms with van der Waals surface area (Å²) in [5, 5.41) is 10.7. The van der Waals surface area contributed by atoms with Gasteiger partial charge in [0.1, 0.15) is 19.3 Å². The topological polar surface area (TPSA) is 237 Å². The molecule has 0 aromatic rings. The van der Waals surface area contributed by atoms with Crippen molar-refractivity contribution in [3.05, 3.63) is 182 Å². The number of unbranched alkanes of at least 4 members (excludes halogenated alkanes) is 19. The van der Waals surface area contributed by atoms with E-state index >= 15 is 0 Å². The summed E-state index contributed by atoms with van der Waals surface area (Å²) in [4.78, 5) is 73.1. The molecule has 0 saturated heterocycles. The van der Waals surface area contributed by atoms with Gasteiger partial charge in [-0.15, -0.1) is 0 Å². The van der Waals surface area contributed by atoms with Crippen LogP contribution >= 0.6 is 15.6 Å². The molecule has 17 nitrogen and oxygen atoms in total. The summed E-state index contributed by atoms with van der Waals surface area (Å²) in [6, 6.07) is 0. The Kier molecular flexibility index (Phi) is 75.0. The van der Waals surface area contributed by atoms with Crippen LogP contribution in [-0.4, -0.2) is 96.7 Å². The quantitative estimate of drug-likeness (QED) is 0.0169. The molecule has 19 heteroatoms. The molecular formula is C89H144O17P2. The third kappa shape index (κ3) is 78.3. The third-order valence-corrected chi connectivity index (χ3v) is 18.3. The number of ether oxygens (including phenoxy) is 4. The highest BCUT2D eigenvalue weighted by molar-refractivity contribution is 7.47. The SMILES string of the molecule is CC/C=C\C/C=C\C/C=C\C/C=C\C/C=C\C/C=C\CCC(=O)OCC(COP(=O)(O)OCC(O)COP(=O)(O)OCC(COC(=O)CCCCCCCC/C=C\C/C=C\C/C=C\C/C=C\CC)OC(=O)CCCCCCC/C=C\CCCCCC)OC(=O)CCCCCC/C=C\C/C=C\C/C=C\C/C=C\CC. The van der Waals surface area contributed by atoms with Crippen LogP contribution in [0.5, 0.6) is 0 Å². The number of hydrogen-bond acceptors (Lipinski definition) is 15. The molecule has 0 saturated carbocycles. The summed E-state index contributed by atoms with van der Waals surface area (Å²) in [6.45, 7) is 4.37. The number of esters is 4. The highest BCUT2D eigenvalue weighted by Gasteiger charge is 2.30. The monoisotopic (exact) mass is 1550 g/mol. The van der Waals surface area contributed by atoms with Crippen molar-refractivity contribution in [3.63, 3.8) is 0 Å². The molecule has 612 valence electrons. The van der Waals surface area contributed by atoms with Crippen LogP contribution in [0.2, 0.25) is 0 Å². The predicted molar refractivity (Wildman–Crippen MR) is 445 cm³/mol. The van der Waals surface area contributed by atoms with Crippen LogP contribution in [0.15, 0.2) is 182 Å². The van der Waals surface area contributed by atoms with E-state index in [2.05, 4.69) is 192 Å². The first-order chi connectivity index (χ1) is 52.7. The van der Waals surface area contributed by atoms with Gasteiger partial charge < -0.3 is 33.8 Å². The van der Waals surface area contributed by atoms with Gasteiger partial charge >= 0.3 is 39.5 Å². The van der Waals surface area contributed by atoms with Gasteiger partial charge in [0.2, 0.25) is 0 Å². The van der Waals surface area contributed by atoms with E-state index in [0.29, 0.717) is 32.1 Å². The Hall–Kier alpha value is -5.84. The Bertz CT molecular complexity index is 2760. The summed E-state index contributed by atoms with van der Waals surface area (Å²) in [5.41, 5.74) is 0. The van der Waals surface area contributed by atoms with E-state index in [1.165, 1.54) is 25.7 Å². The number of rotatable bonds is 75. The lowest BCUT2D eigenvalue weighted by atomic mass is 10.1. The standard InChI is InChI=1S/C89H144O17P2/c1-5-9-13-17-21-25-29-33-36-39-41-44-46-50-53-57-61-65-69-73-86(91)99-79-84(105-88(93)75-71-67-63-59-55-49-32-28-24-20-16-12-8-4)81-103-107(95,96)101-77-83(90)78-102-108(97,98)104-82-85(106-89(94)76-72-68-64-60-56-52-48-43-38-35-31-27-23-19-15-11-7-3)80-100-87(92)74-70-66-62-58-54-51-47-45-42-40-37-34-30-26-22-18-14-10-6-2/h9-11,13-15,21-23,25-28,32-38,41-42,44-45,48,51-52,54,62,66,83-85,90H,5-8,12,16-20,24,29-31,39-40,43,46-47,49-50,53,55-61,63-65,67-82H2,1-4H3,(H,95,96)(H,97,98)/b13-9-,14-10-,15-11-,25-21-,26-22-,27-23-,32-28-,36-33-,37-34-,38-35-,44-41-,45-42-,52-48-,54-51-,66-62-. The van der Waals surface area contributed by atoms with Gasteiger partial charge in [0, 0.05) is 25.7 Å². The summed E-state index contributed by atoms with van der Waals surface area (Å²) in [7, 11) is -10.0. The van der Waals surface area contributed by atoms with Crippen LogP contribution in [0.4, 0.5) is 0 Å². The Morgan fingerprint density at radius 3 is 0.806 bits per heavy atom. The van der Waals surface area contributed by atoms with Gasteiger partial charge in [-0.25, -0.2) is 9.13 Å². The number of aliphatic hydroxyl groups excluding tert-OH is 1. The molecule has 0 spiro atoms. The molecule has 3 N–H and O–H groups in total. The zero-order chi connectivity index (χ0) is 78.9. The largest absolute Gasteiger partial charge is 0.472 e. The van der Waals surface area contributed by atoms with E-state index in [0.717, 1.165) is 186 Å². The van der Waals surface area contributed by atoms with Crippen molar-refractivity contribution in [2.75, 3.05) is 39.6 Å². The third-order valence-electron chi connectivity index (χ3n) is 16.4. The molecule has 108 heavy (non-hydrogen) atoms. The molecule has 5 unspecified atom stereocenters. The molecule has 0 aliphatic carbocycles. The molecule has 0 rings (SSSR count). The maximum Gasteiger partial charge on any atom is 0.472 e. The van der Waals surface area contributed by atoms with E-state index in [1.54, 1.807) is 0 Å². The van der Waals surface area contributed by atoms with Crippen LogP contribution < -0.4 is 0 Å². The number of aliphatic hydroxyl groups is 1. The maximum absolute atomic E-state index is 13.1. The van der Waals surface area contributed by atoms with Gasteiger partial charge in [-0.05, 0) is 167 Å². The van der Waals surface area contributed by atoms with Gasteiger partial charge in [-0.3, -0.25) is 37.3 Å². The van der Waals surface area contributed by atoms with Crippen LogP contribution in [0, 0.1) is 0 Å². The van der Waals surface area contributed by atoms with Crippen LogP contribution in [0.1, 0.15) is 297 Å². The Labute approximate surface area is 654 Å². The summed E-state index contributed by atoms with van der Waals surface area (Å²) < 4.78 is 68.6. The highest BCUT2D eigenvalue weighted by Crippen LogP contribution is 2.45. The van der Waals surface area contributed by atoms with E-state index in [9.17, 15) is 43.2 Å². The molecule has 0 radical (unpaired) electrons. The fourth-order valence-electron chi connectivity index (χ4n) is 10.2. The van der Waals surface area contributed by atoms with Gasteiger partial charge in [-0.2, -0.15) is 0 Å². The Balaban J connectivity index is 5.47. The lowest BCUT2D eigenvalue weighted by Crippen LogP contribution is -2.30. The van der Waals surface area contributed by atoms with Gasteiger partial charge in [0.15, 0.2) is 12.2 Å². The lowest BCUT2D eigenvalue weighted by Gasteiger charge is -2.21. The van der Waals surface area contributed by atoms with Gasteiger partial charge in [0.25, 0.3) is 0 Å². The van der Waals surface area contributed by atoms with Crippen LogP contribution in [-0.2, 0) is 65.4 Å².